The van der Waals surface area contributed by atoms with Gasteiger partial charge in [0.15, 0.2) is 11.5 Å². The molecule has 2 aromatic carbocycles. The second-order valence-corrected chi connectivity index (χ2v) is 6.76. The normalized spacial score (nSPS) is 15.1. The second kappa shape index (κ2) is 12.2. The molecular weight excluding hydrogens is 472 g/mol. The number of benzene rings is 2. The molecule has 180 valence electrons. The summed E-state index contributed by atoms with van der Waals surface area (Å²) in [4.78, 5) is 2.26. The first-order valence-corrected chi connectivity index (χ1v) is 9.46. The van der Waals surface area contributed by atoms with Crippen molar-refractivity contribution in [2.24, 2.45) is 0 Å². The lowest BCUT2D eigenvalue weighted by molar-refractivity contribution is -0.274. The van der Waals surface area contributed by atoms with Gasteiger partial charge in [-0.2, -0.15) is 0 Å². The summed E-state index contributed by atoms with van der Waals surface area (Å²) >= 11 is 0. The Kier molecular flexibility index (Phi) is 10.7. The number of ether oxygens (including phenoxy) is 4. The van der Waals surface area contributed by atoms with E-state index >= 15 is 0 Å². The van der Waals surface area contributed by atoms with Gasteiger partial charge in [0.1, 0.15) is 5.75 Å². The Balaban J connectivity index is 0.00000256. The van der Waals surface area contributed by atoms with Gasteiger partial charge in [0.05, 0.1) is 27.4 Å². The number of methoxy groups -OCH3 is 3. The first-order chi connectivity index (χ1) is 14.4. The van der Waals surface area contributed by atoms with Gasteiger partial charge in [-0.3, -0.25) is 4.90 Å². The lowest BCUT2D eigenvalue weighted by atomic mass is 9.95. The Morgan fingerprint density at radius 1 is 0.844 bits per heavy atom. The lowest BCUT2D eigenvalue weighted by Gasteiger charge is -2.36. The summed E-state index contributed by atoms with van der Waals surface area (Å²) in [6, 6.07) is 9.49. The molecular formula is C21H27Cl2F3N2O4. The molecule has 0 radical (unpaired) electrons. The number of piperazine rings is 1. The molecule has 0 bridgehead atoms. The molecule has 1 atom stereocenters. The van der Waals surface area contributed by atoms with Crippen LogP contribution in [0, 0.1) is 0 Å². The summed E-state index contributed by atoms with van der Waals surface area (Å²) in [5.74, 6) is 1.26. The summed E-state index contributed by atoms with van der Waals surface area (Å²) in [7, 11) is 4.63. The third kappa shape index (κ3) is 6.71. The van der Waals surface area contributed by atoms with Crippen molar-refractivity contribution in [3.05, 3.63) is 47.5 Å². The highest BCUT2D eigenvalue weighted by molar-refractivity contribution is 5.85. The fourth-order valence-corrected chi connectivity index (χ4v) is 3.67. The average Bonchev–Trinajstić information content (AvgIpc) is 2.74. The molecule has 0 aliphatic carbocycles. The molecule has 0 unspecified atom stereocenters. The maximum absolute atomic E-state index is 12.5. The minimum atomic E-state index is -4.73. The molecule has 6 nitrogen and oxygen atoms in total. The van der Waals surface area contributed by atoms with Gasteiger partial charge >= 0.3 is 6.36 Å². The van der Waals surface area contributed by atoms with E-state index < -0.39 is 6.36 Å². The average molecular weight is 499 g/mol. The van der Waals surface area contributed by atoms with Crippen LogP contribution in [0.25, 0.3) is 0 Å². The number of nitrogens with one attached hydrogen (secondary N) is 1. The van der Waals surface area contributed by atoms with E-state index in [1.807, 2.05) is 12.1 Å². The molecule has 32 heavy (non-hydrogen) atoms. The molecule has 2 aromatic rings. The van der Waals surface area contributed by atoms with Crippen molar-refractivity contribution in [2.75, 3.05) is 47.5 Å². The van der Waals surface area contributed by atoms with Crippen molar-refractivity contribution in [1.82, 2.24) is 10.2 Å². The van der Waals surface area contributed by atoms with E-state index in [0.717, 1.165) is 37.3 Å². The first kappa shape index (κ1) is 28.0. The zero-order chi connectivity index (χ0) is 21.7. The van der Waals surface area contributed by atoms with E-state index in [2.05, 4.69) is 15.0 Å². The molecule has 3 rings (SSSR count). The SMILES string of the molecule is COc1cc([C@H](c2ccc(OC(F)(F)F)cc2)N2CCNCC2)cc(OC)c1OC.Cl.Cl. The van der Waals surface area contributed by atoms with E-state index in [1.54, 1.807) is 26.4 Å². The third-order valence-corrected chi connectivity index (χ3v) is 4.95. The van der Waals surface area contributed by atoms with Crippen molar-refractivity contribution in [1.29, 1.82) is 0 Å². The van der Waals surface area contributed by atoms with Crippen molar-refractivity contribution in [2.45, 2.75) is 12.4 Å². The summed E-state index contributed by atoms with van der Waals surface area (Å²) in [5.41, 5.74) is 1.72. The Morgan fingerprint density at radius 3 is 1.81 bits per heavy atom. The monoisotopic (exact) mass is 498 g/mol. The molecule has 11 heteroatoms. The van der Waals surface area contributed by atoms with E-state index in [0.29, 0.717) is 17.2 Å². The lowest BCUT2D eigenvalue weighted by Crippen LogP contribution is -2.45. The van der Waals surface area contributed by atoms with E-state index in [1.165, 1.54) is 19.2 Å². The van der Waals surface area contributed by atoms with Crippen LogP contribution in [0.1, 0.15) is 17.2 Å². The fraction of sp³-hybridized carbons (Fsp3) is 0.429. The predicted octanol–water partition coefficient (Wildman–Crippen LogP) is 4.45. The fourth-order valence-electron chi connectivity index (χ4n) is 3.67. The Labute approximate surface area is 197 Å². The quantitative estimate of drug-likeness (QED) is 0.608. The van der Waals surface area contributed by atoms with Crippen molar-refractivity contribution >= 4 is 24.8 Å². The molecule has 0 amide bonds. The minimum absolute atomic E-state index is 0. The van der Waals surface area contributed by atoms with Gasteiger partial charge in [0.2, 0.25) is 5.75 Å². The van der Waals surface area contributed by atoms with Crippen LogP contribution in [-0.2, 0) is 0 Å². The predicted molar refractivity (Wildman–Crippen MR) is 120 cm³/mol. The smallest absolute Gasteiger partial charge is 0.493 e. The maximum atomic E-state index is 12.5. The number of rotatable bonds is 7. The largest absolute Gasteiger partial charge is 0.573 e. The van der Waals surface area contributed by atoms with Crippen molar-refractivity contribution < 1.29 is 32.1 Å². The van der Waals surface area contributed by atoms with Gasteiger partial charge in [-0.05, 0) is 35.4 Å². The zero-order valence-corrected chi connectivity index (χ0v) is 19.5. The molecule has 0 aromatic heterocycles. The number of hydrogen-bond donors (Lipinski definition) is 1. The third-order valence-electron chi connectivity index (χ3n) is 4.95. The van der Waals surface area contributed by atoms with Gasteiger partial charge in [0, 0.05) is 26.2 Å². The van der Waals surface area contributed by atoms with Crippen molar-refractivity contribution in [3.8, 4) is 23.0 Å². The van der Waals surface area contributed by atoms with Crippen LogP contribution in [0.2, 0.25) is 0 Å². The summed E-state index contributed by atoms with van der Waals surface area (Å²) in [6.07, 6.45) is -4.73. The topological polar surface area (TPSA) is 52.2 Å². The number of halogens is 5. The van der Waals surface area contributed by atoms with E-state index in [9.17, 15) is 13.2 Å². The van der Waals surface area contributed by atoms with E-state index in [-0.39, 0.29) is 36.6 Å². The highest BCUT2D eigenvalue weighted by atomic mass is 35.5. The van der Waals surface area contributed by atoms with Gasteiger partial charge < -0.3 is 24.3 Å². The number of nitrogens with zero attached hydrogens (tertiary/aromatic N) is 1. The van der Waals surface area contributed by atoms with Crippen LogP contribution in [0.3, 0.4) is 0 Å². The summed E-state index contributed by atoms with van der Waals surface area (Å²) in [6.45, 7) is 3.19. The zero-order valence-electron chi connectivity index (χ0n) is 17.9. The van der Waals surface area contributed by atoms with E-state index in [4.69, 9.17) is 14.2 Å². The Morgan fingerprint density at radius 2 is 1.38 bits per heavy atom. The molecule has 0 saturated carbocycles. The van der Waals surface area contributed by atoms with Gasteiger partial charge in [-0.1, -0.05) is 12.1 Å². The van der Waals surface area contributed by atoms with Crippen LogP contribution in [0.4, 0.5) is 13.2 Å². The molecule has 1 aliphatic rings. The standard InChI is InChI=1S/C21H25F3N2O4.2ClH/c1-27-17-12-15(13-18(28-2)20(17)29-3)19(26-10-8-25-9-11-26)14-4-6-16(7-5-14)30-21(22,23)24;;/h4-7,12-13,19,25H,8-11H2,1-3H3;2*1H/t19-;;/m0../s1. The first-order valence-electron chi connectivity index (χ1n) is 9.46. The van der Waals surface area contributed by atoms with Crippen LogP contribution >= 0.6 is 24.8 Å². The highest BCUT2D eigenvalue weighted by Gasteiger charge is 2.31. The van der Waals surface area contributed by atoms with Gasteiger partial charge in [0.25, 0.3) is 0 Å². The Hall–Kier alpha value is -2.07. The minimum Gasteiger partial charge on any atom is -0.493 e. The van der Waals surface area contributed by atoms with Crippen molar-refractivity contribution in [3.63, 3.8) is 0 Å². The molecule has 1 N–H and O–H groups in total. The van der Waals surface area contributed by atoms with Gasteiger partial charge in [-0.25, -0.2) is 0 Å². The van der Waals surface area contributed by atoms with Crippen LogP contribution in [0.15, 0.2) is 36.4 Å². The molecule has 1 saturated heterocycles. The van der Waals surface area contributed by atoms with Crippen LogP contribution in [0.5, 0.6) is 23.0 Å². The Bertz CT molecular complexity index is 823. The van der Waals surface area contributed by atoms with Crippen LogP contribution in [-0.4, -0.2) is 58.8 Å². The maximum Gasteiger partial charge on any atom is 0.573 e. The molecule has 0 spiro atoms. The summed E-state index contributed by atoms with van der Waals surface area (Å²) in [5, 5.41) is 3.31. The molecule has 1 heterocycles. The van der Waals surface area contributed by atoms with Gasteiger partial charge in [-0.15, -0.1) is 38.0 Å². The number of alkyl halides is 3. The molecule has 1 fully saturated rings. The van der Waals surface area contributed by atoms with Crippen LogP contribution < -0.4 is 24.3 Å². The second-order valence-electron chi connectivity index (χ2n) is 6.76. The number of hydrogen-bond acceptors (Lipinski definition) is 6. The molecule has 1 aliphatic heterocycles. The summed E-state index contributed by atoms with van der Waals surface area (Å²) < 4.78 is 57.9. The highest BCUT2D eigenvalue weighted by Crippen LogP contribution is 2.42.